The number of benzene rings is 2. The van der Waals surface area contributed by atoms with E-state index in [1.807, 2.05) is 0 Å². The molecule has 0 aliphatic carbocycles. The van der Waals surface area contributed by atoms with Gasteiger partial charge in [0.25, 0.3) is 0 Å². The lowest BCUT2D eigenvalue weighted by atomic mass is 10.1. The molecule has 4 nitrogen and oxygen atoms in total. The highest BCUT2D eigenvalue weighted by Gasteiger charge is 2.35. The molecule has 3 rings (SSSR count). The highest BCUT2D eigenvalue weighted by Crippen LogP contribution is 2.27. The molecule has 0 aromatic heterocycles. The largest absolute Gasteiger partial charge is 0.352 e. The number of anilines is 1. The van der Waals surface area contributed by atoms with Crippen LogP contribution in [0.25, 0.3) is 0 Å². The predicted octanol–water partition coefficient (Wildman–Crippen LogP) is 2.94. The van der Waals surface area contributed by atoms with Crippen LogP contribution in [0.5, 0.6) is 0 Å². The number of hydrogen-bond donors (Lipinski definition) is 1. The van der Waals surface area contributed by atoms with E-state index in [1.54, 1.807) is 31.2 Å². The van der Waals surface area contributed by atoms with Gasteiger partial charge in [0.1, 0.15) is 11.6 Å². The van der Waals surface area contributed by atoms with Crippen molar-refractivity contribution in [2.24, 2.45) is 5.92 Å². The van der Waals surface area contributed by atoms with Gasteiger partial charge in [0.15, 0.2) is 0 Å². The minimum absolute atomic E-state index is 0.0443. The van der Waals surface area contributed by atoms with E-state index < -0.39 is 11.7 Å². The van der Waals surface area contributed by atoms with Crippen molar-refractivity contribution in [3.63, 3.8) is 0 Å². The third-order valence-corrected chi connectivity index (χ3v) is 4.33. The minimum Gasteiger partial charge on any atom is -0.352 e. The number of nitrogens with zero attached hydrogens (tertiary/aromatic N) is 1. The first-order valence-electron chi connectivity index (χ1n) is 8.03. The van der Waals surface area contributed by atoms with E-state index in [1.165, 1.54) is 23.1 Å². The van der Waals surface area contributed by atoms with Crippen LogP contribution in [-0.4, -0.2) is 18.4 Å². The van der Waals surface area contributed by atoms with Gasteiger partial charge in [-0.25, -0.2) is 8.78 Å². The Kier molecular flexibility index (Phi) is 4.79. The standard InChI is InChI=1S/C19H18F2N2O2/c1-12-8-13(6-7-15(12)20)10-22-19(25)14-9-18(24)23(11-14)17-5-3-2-4-16(17)21/h2-8,14H,9-11H2,1H3,(H,22,25)/t14-/m0/s1. The normalized spacial score (nSPS) is 17.0. The number of aryl methyl sites for hydroxylation is 1. The zero-order valence-corrected chi connectivity index (χ0v) is 13.8. The highest BCUT2D eigenvalue weighted by atomic mass is 19.1. The van der Waals surface area contributed by atoms with Gasteiger partial charge in [0.05, 0.1) is 11.6 Å². The molecule has 0 radical (unpaired) electrons. The molecule has 6 heteroatoms. The van der Waals surface area contributed by atoms with Crippen LogP contribution in [0.2, 0.25) is 0 Å². The Morgan fingerprint density at radius 1 is 1.20 bits per heavy atom. The molecule has 1 aliphatic heterocycles. The van der Waals surface area contributed by atoms with E-state index >= 15 is 0 Å². The van der Waals surface area contributed by atoms with Crippen molar-refractivity contribution in [2.45, 2.75) is 19.9 Å². The molecule has 1 fully saturated rings. The fourth-order valence-corrected chi connectivity index (χ4v) is 2.94. The second kappa shape index (κ2) is 7.01. The van der Waals surface area contributed by atoms with Crippen molar-refractivity contribution >= 4 is 17.5 Å². The first kappa shape index (κ1) is 17.1. The average molecular weight is 344 g/mol. The second-order valence-corrected chi connectivity index (χ2v) is 6.16. The van der Waals surface area contributed by atoms with Crippen molar-refractivity contribution in [3.05, 3.63) is 65.2 Å². The molecule has 2 aromatic carbocycles. The number of hydrogen-bond acceptors (Lipinski definition) is 2. The molecule has 2 amide bonds. The molecule has 0 unspecified atom stereocenters. The van der Waals surface area contributed by atoms with Crippen LogP contribution in [0.15, 0.2) is 42.5 Å². The van der Waals surface area contributed by atoms with Crippen molar-refractivity contribution in [1.29, 1.82) is 0 Å². The summed E-state index contributed by atoms with van der Waals surface area (Å²) in [5.74, 6) is -1.86. The van der Waals surface area contributed by atoms with Gasteiger partial charge >= 0.3 is 0 Å². The van der Waals surface area contributed by atoms with E-state index in [9.17, 15) is 18.4 Å². The molecule has 1 heterocycles. The maximum absolute atomic E-state index is 13.9. The second-order valence-electron chi connectivity index (χ2n) is 6.16. The Bertz CT molecular complexity index is 823. The van der Waals surface area contributed by atoms with Gasteiger partial charge in [-0.1, -0.05) is 24.3 Å². The van der Waals surface area contributed by atoms with Crippen LogP contribution in [0.4, 0.5) is 14.5 Å². The molecule has 0 spiro atoms. The summed E-state index contributed by atoms with van der Waals surface area (Å²) < 4.78 is 27.1. The summed E-state index contributed by atoms with van der Waals surface area (Å²) in [6.07, 6.45) is 0.0443. The lowest BCUT2D eigenvalue weighted by Gasteiger charge is -2.17. The lowest BCUT2D eigenvalue weighted by molar-refractivity contribution is -0.126. The van der Waals surface area contributed by atoms with Crippen molar-refractivity contribution in [2.75, 3.05) is 11.4 Å². The van der Waals surface area contributed by atoms with Crippen molar-refractivity contribution < 1.29 is 18.4 Å². The van der Waals surface area contributed by atoms with Crippen molar-refractivity contribution in [3.8, 4) is 0 Å². The zero-order valence-electron chi connectivity index (χ0n) is 13.8. The molecule has 1 saturated heterocycles. The number of carbonyl (C=O) groups is 2. The molecule has 25 heavy (non-hydrogen) atoms. The van der Waals surface area contributed by atoms with Gasteiger partial charge in [-0.3, -0.25) is 9.59 Å². The smallest absolute Gasteiger partial charge is 0.227 e. The van der Waals surface area contributed by atoms with E-state index in [0.717, 1.165) is 5.56 Å². The monoisotopic (exact) mass is 344 g/mol. The van der Waals surface area contributed by atoms with E-state index in [2.05, 4.69) is 5.32 Å². The van der Waals surface area contributed by atoms with Crippen LogP contribution < -0.4 is 10.2 Å². The molecular weight excluding hydrogens is 326 g/mol. The molecule has 0 bridgehead atoms. The summed E-state index contributed by atoms with van der Waals surface area (Å²) in [5, 5.41) is 2.76. The van der Waals surface area contributed by atoms with Gasteiger partial charge in [-0.15, -0.1) is 0 Å². The highest BCUT2D eigenvalue weighted by molar-refractivity contribution is 6.00. The van der Waals surface area contributed by atoms with Crippen molar-refractivity contribution in [1.82, 2.24) is 5.32 Å². The molecule has 130 valence electrons. The number of halogens is 2. The molecule has 2 aromatic rings. The van der Waals surface area contributed by atoms with Crippen LogP contribution in [0, 0.1) is 24.5 Å². The molecule has 1 aliphatic rings. The summed E-state index contributed by atoms with van der Waals surface area (Å²) in [4.78, 5) is 25.8. The van der Waals surface area contributed by atoms with E-state index in [0.29, 0.717) is 5.56 Å². The predicted molar refractivity (Wildman–Crippen MR) is 89.8 cm³/mol. The summed E-state index contributed by atoms with van der Waals surface area (Å²) in [6, 6.07) is 10.6. The van der Waals surface area contributed by atoms with Gasteiger partial charge in [0.2, 0.25) is 11.8 Å². The number of amides is 2. The Morgan fingerprint density at radius 3 is 2.68 bits per heavy atom. The number of rotatable bonds is 4. The lowest BCUT2D eigenvalue weighted by Crippen LogP contribution is -2.32. The summed E-state index contributed by atoms with van der Waals surface area (Å²) in [7, 11) is 0. The first-order chi connectivity index (χ1) is 12.0. The molecular formula is C19H18F2N2O2. The Balaban J connectivity index is 1.63. The quantitative estimate of drug-likeness (QED) is 0.927. The average Bonchev–Trinajstić information content (AvgIpc) is 2.98. The van der Waals surface area contributed by atoms with Crippen LogP contribution in [0.3, 0.4) is 0 Å². The van der Waals surface area contributed by atoms with Crippen LogP contribution in [-0.2, 0) is 16.1 Å². The molecule has 0 saturated carbocycles. The third-order valence-electron chi connectivity index (χ3n) is 4.33. The summed E-state index contributed by atoms with van der Waals surface area (Å²) in [5.41, 5.74) is 1.48. The molecule has 1 atom stereocenters. The van der Waals surface area contributed by atoms with E-state index in [-0.39, 0.29) is 42.8 Å². The first-order valence-corrected chi connectivity index (χ1v) is 8.03. The fraction of sp³-hybridized carbons (Fsp3) is 0.263. The Hall–Kier alpha value is -2.76. The van der Waals surface area contributed by atoms with Gasteiger partial charge in [-0.05, 0) is 36.2 Å². The SMILES string of the molecule is Cc1cc(CNC(=O)[C@H]2CC(=O)N(c3ccccc3F)C2)ccc1F. The van der Waals surface area contributed by atoms with Crippen LogP contribution >= 0.6 is 0 Å². The fourth-order valence-electron chi connectivity index (χ4n) is 2.94. The molecule has 1 N–H and O–H groups in total. The number of para-hydroxylation sites is 1. The minimum atomic E-state index is -0.534. The number of nitrogens with one attached hydrogen (secondary N) is 1. The third kappa shape index (κ3) is 3.68. The zero-order chi connectivity index (χ0) is 18.0. The van der Waals surface area contributed by atoms with E-state index in [4.69, 9.17) is 0 Å². The van der Waals surface area contributed by atoms with Crippen LogP contribution in [0.1, 0.15) is 17.5 Å². The van der Waals surface area contributed by atoms with Gasteiger partial charge < -0.3 is 10.2 Å². The number of carbonyl (C=O) groups excluding carboxylic acids is 2. The summed E-state index contributed by atoms with van der Waals surface area (Å²) in [6.45, 7) is 2.06. The maximum atomic E-state index is 13.9. The van der Waals surface area contributed by atoms with Gasteiger partial charge in [-0.2, -0.15) is 0 Å². The Morgan fingerprint density at radius 2 is 1.96 bits per heavy atom. The summed E-state index contributed by atoms with van der Waals surface area (Å²) >= 11 is 0. The topological polar surface area (TPSA) is 49.4 Å². The maximum Gasteiger partial charge on any atom is 0.227 e. The Labute approximate surface area is 144 Å². The van der Waals surface area contributed by atoms with Gasteiger partial charge in [0, 0.05) is 19.5 Å².